The number of aromatic nitrogens is 2. The molecule has 6 heteroatoms. The molecule has 0 N–H and O–H groups in total. The second-order valence-electron chi connectivity index (χ2n) is 9.32. The Morgan fingerprint density at radius 3 is 2.50 bits per heavy atom. The fraction of sp³-hybridized carbons (Fsp3) is 0.462. The third-order valence-corrected chi connectivity index (χ3v) is 7.35. The monoisotopic (exact) mass is 434 g/mol. The van der Waals surface area contributed by atoms with Gasteiger partial charge in [-0.05, 0) is 55.5 Å². The molecule has 2 aliphatic rings. The highest BCUT2D eigenvalue weighted by Crippen LogP contribution is 2.27. The van der Waals surface area contributed by atoms with Gasteiger partial charge in [0.1, 0.15) is 5.82 Å². The van der Waals surface area contributed by atoms with Gasteiger partial charge in [0.2, 0.25) is 0 Å². The number of benzene rings is 2. The molecule has 0 atom stereocenters. The summed E-state index contributed by atoms with van der Waals surface area (Å²) in [6, 6.07) is 13.6. The summed E-state index contributed by atoms with van der Waals surface area (Å²) in [5.74, 6) is -0.182. The van der Waals surface area contributed by atoms with Gasteiger partial charge in [0.05, 0.1) is 17.4 Å². The molecule has 0 unspecified atom stereocenters. The van der Waals surface area contributed by atoms with Crippen LogP contribution in [0.1, 0.15) is 54.4 Å². The summed E-state index contributed by atoms with van der Waals surface area (Å²) in [5, 5.41) is 0. The van der Waals surface area contributed by atoms with Gasteiger partial charge in [-0.1, -0.05) is 25.0 Å². The molecule has 2 heterocycles. The zero-order valence-electron chi connectivity index (χ0n) is 18.7. The zero-order valence-corrected chi connectivity index (χ0v) is 18.7. The first-order valence-corrected chi connectivity index (χ1v) is 11.8. The largest absolute Gasteiger partial charge is 0.339 e. The van der Waals surface area contributed by atoms with Crippen LogP contribution in [-0.2, 0) is 6.54 Å². The molecule has 0 radical (unpaired) electrons. The first-order valence-electron chi connectivity index (χ1n) is 11.8. The number of rotatable bonds is 5. The van der Waals surface area contributed by atoms with E-state index in [0.29, 0.717) is 18.1 Å². The average Bonchev–Trinajstić information content (AvgIpc) is 3.49. The first kappa shape index (κ1) is 21.1. The highest BCUT2D eigenvalue weighted by molar-refractivity contribution is 5.94. The lowest BCUT2D eigenvalue weighted by Crippen LogP contribution is -2.48. The molecule has 1 aliphatic heterocycles. The third-order valence-electron chi connectivity index (χ3n) is 7.35. The minimum Gasteiger partial charge on any atom is -0.339 e. The van der Waals surface area contributed by atoms with E-state index >= 15 is 0 Å². The van der Waals surface area contributed by atoms with E-state index in [-0.39, 0.29) is 11.7 Å². The highest BCUT2D eigenvalue weighted by Gasteiger charge is 2.30. The number of nitrogens with zero attached hydrogens (tertiary/aromatic N) is 4. The summed E-state index contributed by atoms with van der Waals surface area (Å²) in [6.07, 6.45) is 9.28. The van der Waals surface area contributed by atoms with Crippen molar-refractivity contribution in [1.82, 2.24) is 19.4 Å². The van der Waals surface area contributed by atoms with Crippen LogP contribution in [0.15, 0.2) is 48.8 Å². The van der Waals surface area contributed by atoms with E-state index in [1.165, 1.54) is 37.8 Å². The molecule has 32 heavy (non-hydrogen) atoms. The van der Waals surface area contributed by atoms with E-state index in [2.05, 4.69) is 9.88 Å². The van der Waals surface area contributed by atoms with Crippen molar-refractivity contribution in [3.63, 3.8) is 0 Å². The van der Waals surface area contributed by atoms with Crippen LogP contribution in [0.25, 0.3) is 11.0 Å². The van der Waals surface area contributed by atoms with Crippen molar-refractivity contribution >= 4 is 16.9 Å². The van der Waals surface area contributed by atoms with Crippen LogP contribution < -0.4 is 0 Å². The zero-order chi connectivity index (χ0) is 22.1. The topological polar surface area (TPSA) is 41.4 Å². The second kappa shape index (κ2) is 9.02. The summed E-state index contributed by atoms with van der Waals surface area (Å²) in [6.45, 7) is 2.84. The fourth-order valence-electron chi connectivity index (χ4n) is 5.39. The lowest BCUT2D eigenvalue weighted by atomic mass is 10.00. The maximum absolute atomic E-state index is 13.4. The standard InChI is InChI=1S/C26H31FN4O/c1-29(22-12-14-30(15-13-22)23-4-2-3-5-23)26(32)20-8-6-19(7-9-20)17-31-18-28-24-16-21(27)10-11-25(24)31/h6-11,16,18,22-23H,2-5,12-15,17H2,1H3. The molecule has 5 nitrogen and oxygen atoms in total. The van der Waals surface area contributed by atoms with Crippen molar-refractivity contribution < 1.29 is 9.18 Å². The highest BCUT2D eigenvalue weighted by atomic mass is 19.1. The van der Waals surface area contributed by atoms with Crippen LogP contribution in [0.4, 0.5) is 4.39 Å². The van der Waals surface area contributed by atoms with Crippen molar-refractivity contribution in [2.24, 2.45) is 0 Å². The molecule has 1 amide bonds. The Balaban J connectivity index is 1.20. The third kappa shape index (κ3) is 4.29. The lowest BCUT2D eigenvalue weighted by molar-refractivity contribution is 0.0598. The summed E-state index contributed by atoms with van der Waals surface area (Å²) in [4.78, 5) is 22.0. The van der Waals surface area contributed by atoms with E-state index in [1.54, 1.807) is 12.4 Å². The van der Waals surface area contributed by atoms with Crippen LogP contribution in [0, 0.1) is 5.82 Å². The summed E-state index contributed by atoms with van der Waals surface area (Å²) < 4.78 is 15.4. The van der Waals surface area contributed by atoms with Crippen LogP contribution in [0.2, 0.25) is 0 Å². The van der Waals surface area contributed by atoms with Crippen molar-refractivity contribution in [2.75, 3.05) is 20.1 Å². The molecule has 2 fully saturated rings. The number of hydrogen-bond acceptors (Lipinski definition) is 3. The SMILES string of the molecule is CN(C(=O)c1ccc(Cn2cnc3cc(F)ccc32)cc1)C1CCN(C2CCCC2)CC1. The van der Waals surface area contributed by atoms with Gasteiger partial charge < -0.3 is 14.4 Å². The van der Waals surface area contributed by atoms with Gasteiger partial charge in [-0.3, -0.25) is 4.79 Å². The van der Waals surface area contributed by atoms with Gasteiger partial charge >= 0.3 is 0 Å². The minimum absolute atomic E-state index is 0.0967. The van der Waals surface area contributed by atoms with Crippen molar-refractivity contribution in [2.45, 2.75) is 57.2 Å². The molecule has 1 saturated carbocycles. The number of fused-ring (bicyclic) bond motifs is 1. The number of piperidine rings is 1. The van der Waals surface area contributed by atoms with E-state index < -0.39 is 0 Å². The number of imidazole rings is 1. The van der Waals surface area contributed by atoms with Crippen molar-refractivity contribution in [3.05, 3.63) is 65.7 Å². The molecule has 5 rings (SSSR count). The second-order valence-corrected chi connectivity index (χ2v) is 9.32. The van der Waals surface area contributed by atoms with Crippen LogP contribution in [-0.4, -0.2) is 57.5 Å². The molecule has 1 saturated heterocycles. The Labute approximate surface area is 188 Å². The molecule has 2 aromatic carbocycles. The molecule has 3 aromatic rings. The van der Waals surface area contributed by atoms with Gasteiger partial charge in [-0.15, -0.1) is 0 Å². The van der Waals surface area contributed by atoms with E-state index in [9.17, 15) is 9.18 Å². The Morgan fingerprint density at radius 2 is 1.78 bits per heavy atom. The number of carbonyl (C=O) groups is 1. The number of carbonyl (C=O) groups excluding carboxylic acids is 1. The Kier molecular flexibility index (Phi) is 5.96. The van der Waals surface area contributed by atoms with E-state index in [1.807, 2.05) is 40.8 Å². The number of hydrogen-bond donors (Lipinski definition) is 0. The van der Waals surface area contributed by atoms with Crippen LogP contribution in [0.5, 0.6) is 0 Å². The summed E-state index contributed by atoms with van der Waals surface area (Å²) in [7, 11) is 1.95. The molecular weight excluding hydrogens is 403 g/mol. The molecule has 0 spiro atoms. The smallest absolute Gasteiger partial charge is 0.253 e. The summed E-state index contributed by atoms with van der Waals surface area (Å²) >= 11 is 0. The van der Waals surface area contributed by atoms with Gasteiger partial charge in [0, 0.05) is 50.4 Å². The molecule has 0 bridgehead atoms. The molecule has 168 valence electrons. The minimum atomic E-state index is -0.279. The van der Waals surface area contributed by atoms with Crippen LogP contribution in [0.3, 0.4) is 0 Å². The molecular formula is C26H31FN4O. The number of amides is 1. The van der Waals surface area contributed by atoms with E-state index in [0.717, 1.165) is 48.6 Å². The van der Waals surface area contributed by atoms with Crippen molar-refractivity contribution in [3.8, 4) is 0 Å². The predicted octanol–water partition coefficient (Wildman–Crippen LogP) is 4.70. The number of likely N-dealkylation sites (tertiary alicyclic amines) is 1. The van der Waals surface area contributed by atoms with Gasteiger partial charge in [-0.2, -0.15) is 0 Å². The summed E-state index contributed by atoms with van der Waals surface area (Å²) in [5.41, 5.74) is 3.36. The van der Waals surface area contributed by atoms with Crippen molar-refractivity contribution in [1.29, 1.82) is 0 Å². The maximum Gasteiger partial charge on any atom is 0.253 e. The maximum atomic E-state index is 13.4. The molecule has 1 aromatic heterocycles. The van der Waals surface area contributed by atoms with Gasteiger partial charge in [0.15, 0.2) is 0 Å². The van der Waals surface area contributed by atoms with Gasteiger partial charge in [-0.25, -0.2) is 9.37 Å². The van der Waals surface area contributed by atoms with Crippen LogP contribution >= 0.6 is 0 Å². The van der Waals surface area contributed by atoms with Gasteiger partial charge in [0.25, 0.3) is 5.91 Å². The Bertz CT molecular complexity index is 1080. The fourth-order valence-corrected chi connectivity index (χ4v) is 5.39. The number of halogens is 1. The first-order chi connectivity index (χ1) is 15.6. The van der Waals surface area contributed by atoms with E-state index in [4.69, 9.17) is 0 Å². The quantitative estimate of drug-likeness (QED) is 0.584. The predicted molar refractivity (Wildman–Crippen MR) is 124 cm³/mol. The normalized spacial score (nSPS) is 18.4. The molecule has 1 aliphatic carbocycles. The lowest BCUT2D eigenvalue weighted by Gasteiger charge is -2.39. The average molecular weight is 435 g/mol. The Hall–Kier alpha value is -2.73. The Morgan fingerprint density at radius 1 is 1.06 bits per heavy atom.